The van der Waals surface area contributed by atoms with Crippen LogP contribution in [0.5, 0.6) is 0 Å². The molecule has 0 aliphatic heterocycles. The smallest absolute Gasteiger partial charge is 0.339 e. The van der Waals surface area contributed by atoms with Crippen LogP contribution in [0.15, 0.2) is 24.3 Å². The number of esters is 2. The van der Waals surface area contributed by atoms with Crippen LogP contribution in [0.1, 0.15) is 54.3 Å². The van der Waals surface area contributed by atoms with E-state index in [9.17, 15) is 9.59 Å². The third-order valence-corrected chi connectivity index (χ3v) is 3.10. The van der Waals surface area contributed by atoms with Crippen LogP contribution in [0.2, 0.25) is 0 Å². The van der Waals surface area contributed by atoms with Crippen LogP contribution in [-0.4, -0.2) is 30.5 Å². The average molecular weight is 327 g/mol. The molecule has 22 heavy (non-hydrogen) atoms. The lowest BCUT2D eigenvalue weighted by Crippen LogP contribution is -2.17. The SMILES string of the molecule is CC(C)CCCOC(=O)c1ccccc1C(=O)OCC(C)Cl. The minimum atomic E-state index is -0.567. The van der Waals surface area contributed by atoms with Gasteiger partial charge >= 0.3 is 11.9 Å². The highest BCUT2D eigenvalue weighted by atomic mass is 35.5. The zero-order valence-electron chi connectivity index (χ0n) is 13.3. The van der Waals surface area contributed by atoms with Gasteiger partial charge in [-0.2, -0.15) is 0 Å². The fourth-order valence-electron chi connectivity index (χ4n) is 1.84. The number of rotatable bonds is 8. The van der Waals surface area contributed by atoms with Crippen molar-refractivity contribution < 1.29 is 19.1 Å². The van der Waals surface area contributed by atoms with Gasteiger partial charge in [0.1, 0.15) is 6.61 Å². The number of carbonyl (C=O) groups excluding carboxylic acids is 2. The molecule has 1 unspecified atom stereocenters. The van der Waals surface area contributed by atoms with Crippen LogP contribution in [0.3, 0.4) is 0 Å². The first-order valence-electron chi connectivity index (χ1n) is 7.49. The Labute approximate surface area is 136 Å². The molecule has 0 aromatic heterocycles. The number of alkyl halides is 1. The Kier molecular flexibility index (Phi) is 7.96. The molecule has 0 heterocycles. The van der Waals surface area contributed by atoms with E-state index in [1.165, 1.54) is 0 Å². The third-order valence-electron chi connectivity index (χ3n) is 2.97. The topological polar surface area (TPSA) is 52.6 Å². The molecule has 0 saturated heterocycles. The van der Waals surface area contributed by atoms with Crippen LogP contribution in [-0.2, 0) is 9.47 Å². The fourth-order valence-corrected chi connectivity index (χ4v) is 1.90. The Hall–Kier alpha value is -1.55. The summed E-state index contributed by atoms with van der Waals surface area (Å²) in [5.41, 5.74) is 0.424. The lowest BCUT2D eigenvalue weighted by molar-refractivity contribution is 0.0454. The Morgan fingerprint density at radius 2 is 1.59 bits per heavy atom. The summed E-state index contributed by atoms with van der Waals surface area (Å²) in [6.07, 6.45) is 1.80. The summed E-state index contributed by atoms with van der Waals surface area (Å²) in [7, 11) is 0. The summed E-state index contributed by atoms with van der Waals surface area (Å²) in [4.78, 5) is 24.1. The molecule has 0 bridgehead atoms. The van der Waals surface area contributed by atoms with Crippen molar-refractivity contribution in [3.63, 3.8) is 0 Å². The van der Waals surface area contributed by atoms with Crippen molar-refractivity contribution in [1.29, 1.82) is 0 Å². The number of hydrogen-bond donors (Lipinski definition) is 0. The number of benzene rings is 1. The summed E-state index contributed by atoms with van der Waals surface area (Å²) in [6, 6.07) is 6.47. The van der Waals surface area contributed by atoms with Crippen LogP contribution in [0.4, 0.5) is 0 Å². The normalized spacial score (nSPS) is 12.0. The van der Waals surface area contributed by atoms with Gasteiger partial charge in [0, 0.05) is 0 Å². The standard InChI is InChI=1S/C17H23ClO4/c1-12(2)7-6-10-21-16(19)14-8-4-5-9-15(14)17(20)22-11-13(3)18/h4-5,8-9,12-13H,6-7,10-11H2,1-3H3. The Balaban J connectivity index is 2.66. The van der Waals surface area contributed by atoms with Crippen molar-refractivity contribution in [2.45, 2.75) is 39.0 Å². The van der Waals surface area contributed by atoms with Crippen molar-refractivity contribution in [2.24, 2.45) is 5.92 Å². The molecular weight excluding hydrogens is 304 g/mol. The number of hydrogen-bond acceptors (Lipinski definition) is 4. The van der Waals surface area contributed by atoms with Gasteiger partial charge in [0.2, 0.25) is 0 Å². The monoisotopic (exact) mass is 326 g/mol. The molecular formula is C17H23ClO4. The molecule has 0 saturated carbocycles. The lowest BCUT2D eigenvalue weighted by Gasteiger charge is -2.11. The Morgan fingerprint density at radius 3 is 2.09 bits per heavy atom. The number of ether oxygens (including phenoxy) is 2. The first kappa shape index (κ1) is 18.5. The maximum atomic E-state index is 12.1. The highest BCUT2D eigenvalue weighted by molar-refractivity contribution is 6.20. The largest absolute Gasteiger partial charge is 0.462 e. The second-order valence-electron chi connectivity index (χ2n) is 5.60. The van der Waals surface area contributed by atoms with Crippen molar-refractivity contribution in [3.05, 3.63) is 35.4 Å². The molecule has 1 atom stereocenters. The van der Waals surface area contributed by atoms with Crippen LogP contribution in [0, 0.1) is 5.92 Å². The Morgan fingerprint density at radius 1 is 1.05 bits per heavy atom. The van der Waals surface area contributed by atoms with E-state index >= 15 is 0 Å². The first-order chi connectivity index (χ1) is 10.4. The van der Waals surface area contributed by atoms with E-state index in [-0.39, 0.29) is 23.1 Å². The maximum Gasteiger partial charge on any atom is 0.339 e. The molecule has 0 aliphatic carbocycles. The van der Waals surface area contributed by atoms with Crippen LogP contribution >= 0.6 is 11.6 Å². The lowest BCUT2D eigenvalue weighted by atomic mass is 10.1. The predicted octanol–water partition coefficient (Wildman–Crippen LogP) is 4.06. The van der Waals surface area contributed by atoms with Gasteiger partial charge in [-0.05, 0) is 37.8 Å². The molecule has 0 aliphatic rings. The molecule has 4 nitrogen and oxygen atoms in total. The van der Waals surface area contributed by atoms with Crippen molar-refractivity contribution >= 4 is 23.5 Å². The van der Waals surface area contributed by atoms with Gasteiger partial charge in [0.25, 0.3) is 0 Å². The van der Waals surface area contributed by atoms with Gasteiger partial charge in [-0.25, -0.2) is 9.59 Å². The quantitative estimate of drug-likeness (QED) is 0.410. The summed E-state index contributed by atoms with van der Waals surface area (Å²) in [5.74, 6) is -0.504. The summed E-state index contributed by atoms with van der Waals surface area (Å²) in [5, 5.41) is -0.279. The van der Waals surface area contributed by atoms with Crippen LogP contribution < -0.4 is 0 Å². The number of halogens is 1. The van der Waals surface area contributed by atoms with E-state index in [0.717, 1.165) is 12.8 Å². The van der Waals surface area contributed by atoms with Gasteiger partial charge in [0.05, 0.1) is 23.1 Å². The summed E-state index contributed by atoms with van der Waals surface area (Å²) < 4.78 is 10.3. The van der Waals surface area contributed by atoms with E-state index in [4.69, 9.17) is 21.1 Å². The van der Waals surface area contributed by atoms with Gasteiger partial charge < -0.3 is 9.47 Å². The Bertz CT molecular complexity index is 497. The van der Waals surface area contributed by atoms with Crippen molar-refractivity contribution in [3.8, 4) is 0 Å². The highest BCUT2D eigenvalue weighted by Crippen LogP contribution is 2.13. The molecule has 0 N–H and O–H groups in total. The second kappa shape index (κ2) is 9.46. The molecule has 5 heteroatoms. The van der Waals surface area contributed by atoms with Gasteiger partial charge in [-0.15, -0.1) is 11.6 Å². The zero-order chi connectivity index (χ0) is 16.5. The molecule has 1 aromatic rings. The fraction of sp³-hybridized carbons (Fsp3) is 0.529. The minimum Gasteiger partial charge on any atom is -0.462 e. The van der Waals surface area contributed by atoms with Gasteiger partial charge in [-0.3, -0.25) is 0 Å². The summed E-state index contributed by atoms with van der Waals surface area (Å²) >= 11 is 5.75. The zero-order valence-corrected chi connectivity index (χ0v) is 14.1. The minimum absolute atomic E-state index is 0.0954. The number of carbonyl (C=O) groups is 2. The molecule has 1 aromatic carbocycles. The van der Waals surface area contributed by atoms with E-state index in [2.05, 4.69) is 13.8 Å². The van der Waals surface area contributed by atoms with Crippen molar-refractivity contribution in [2.75, 3.05) is 13.2 Å². The van der Waals surface area contributed by atoms with Gasteiger partial charge in [0.15, 0.2) is 0 Å². The maximum absolute atomic E-state index is 12.1. The molecule has 0 amide bonds. The molecule has 0 radical (unpaired) electrons. The first-order valence-corrected chi connectivity index (χ1v) is 7.92. The van der Waals surface area contributed by atoms with Crippen molar-refractivity contribution in [1.82, 2.24) is 0 Å². The van der Waals surface area contributed by atoms with E-state index < -0.39 is 11.9 Å². The van der Waals surface area contributed by atoms with Crippen LogP contribution in [0.25, 0.3) is 0 Å². The highest BCUT2D eigenvalue weighted by Gasteiger charge is 2.19. The molecule has 0 spiro atoms. The molecule has 0 fully saturated rings. The summed E-state index contributed by atoms with van der Waals surface area (Å²) in [6.45, 7) is 6.40. The average Bonchev–Trinajstić information content (AvgIpc) is 2.48. The van der Waals surface area contributed by atoms with E-state index in [1.807, 2.05) is 0 Å². The molecule has 1 rings (SSSR count). The van der Waals surface area contributed by atoms with E-state index in [1.54, 1.807) is 31.2 Å². The third kappa shape index (κ3) is 6.48. The van der Waals surface area contributed by atoms with Gasteiger partial charge in [-0.1, -0.05) is 26.0 Å². The molecule has 122 valence electrons. The predicted molar refractivity (Wildman–Crippen MR) is 86.4 cm³/mol. The van der Waals surface area contributed by atoms with E-state index in [0.29, 0.717) is 12.5 Å². The second-order valence-corrected chi connectivity index (χ2v) is 6.34.